The maximum atomic E-state index is 13.0. The van der Waals surface area contributed by atoms with Crippen LogP contribution in [0.4, 0.5) is 4.39 Å². The Kier molecular flexibility index (Phi) is 5.30. The molecule has 4 rings (SSSR count). The number of benzene rings is 1. The van der Waals surface area contributed by atoms with E-state index in [1.807, 2.05) is 36.3 Å². The largest absolute Gasteiger partial charge is 0.297 e. The molecule has 4 nitrogen and oxygen atoms in total. The number of piperidine rings is 1. The second kappa shape index (κ2) is 8.01. The fraction of sp³-hybridized carbons (Fsp3) is 0.364. The summed E-state index contributed by atoms with van der Waals surface area (Å²) >= 11 is 0. The van der Waals surface area contributed by atoms with Gasteiger partial charge in [-0.3, -0.25) is 14.6 Å². The lowest BCUT2D eigenvalue weighted by atomic mass is 9.93. The number of likely N-dealkylation sites (tertiary alicyclic amines) is 1. The summed E-state index contributed by atoms with van der Waals surface area (Å²) in [6, 6.07) is 13.1. The number of aromatic nitrogens is 3. The minimum Gasteiger partial charge on any atom is -0.297 e. The standard InChI is InChI=1S/C22H25FN4/c1-26-21(10-11-25-26)16-27-12-2-3-19(15-27)22-9-6-18(14-24-22)13-17-4-7-20(23)8-5-17/h4-11,14,19H,2-3,12-13,15-16H2,1H3/t19-/m0/s1. The highest BCUT2D eigenvalue weighted by Gasteiger charge is 2.23. The van der Waals surface area contributed by atoms with E-state index < -0.39 is 0 Å². The Labute approximate surface area is 159 Å². The van der Waals surface area contributed by atoms with Crippen molar-refractivity contribution in [2.45, 2.75) is 31.7 Å². The molecule has 1 aromatic carbocycles. The van der Waals surface area contributed by atoms with Gasteiger partial charge in [0.2, 0.25) is 0 Å². The SMILES string of the molecule is Cn1nccc1CN1CCC[C@H](c2ccc(Cc3ccc(F)cc3)cn2)C1. The number of hydrogen-bond acceptors (Lipinski definition) is 3. The van der Waals surface area contributed by atoms with Crippen LogP contribution in [0.15, 0.2) is 54.9 Å². The highest BCUT2D eigenvalue weighted by Crippen LogP contribution is 2.26. The van der Waals surface area contributed by atoms with Crippen molar-refractivity contribution in [2.24, 2.45) is 7.05 Å². The third-order valence-electron chi connectivity index (χ3n) is 5.40. The van der Waals surface area contributed by atoms with Crippen LogP contribution in [0.5, 0.6) is 0 Å². The Morgan fingerprint density at radius 3 is 2.59 bits per heavy atom. The maximum absolute atomic E-state index is 13.0. The van der Waals surface area contributed by atoms with Crippen molar-refractivity contribution >= 4 is 0 Å². The number of nitrogens with zero attached hydrogens (tertiary/aromatic N) is 4. The number of rotatable bonds is 5. The van der Waals surface area contributed by atoms with Crippen molar-refractivity contribution in [3.63, 3.8) is 0 Å². The zero-order chi connectivity index (χ0) is 18.6. The molecule has 140 valence electrons. The van der Waals surface area contributed by atoms with Crippen LogP contribution in [0.1, 0.15) is 41.3 Å². The van der Waals surface area contributed by atoms with Crippen molar-refractivity contribution in [3.8, 4) is 0 Å². The van der Waals surface area contributed by atoms with Crippen LogP contribution in [0, 0.1) is 5.82 Å². The first-order valence-electron chi connectivity index (χ1n) is 9.56. The molecule has 5 heteroatoms. The Balaban J connectivity index is 1.39. The van der Waals surface area contributed by atoms with Gasteiger partial charge in [0, 0.05) is 44.1 Å². The van der Waals surface area contributed by atoms with E-state index in [0.29, 0.717) is 5.92 Å². The first-order valence-corrected chi connectivity index (χ1v) is 9.56. The van der Waals surface area contributed by atoms with Gasteiger partial charge in [-0.25, -0.2) is 4.39 Å². The highest BCUT2D eigenvalue weighted by atomic mass is 19.1. The molecule has 1 atom stereocenters. The van der Waals surface area contributed by atoms with Gasteiger partial charge in [0.25, 0.3) is 0 Å². The Morgan fingerprint density at radius 1 is 1.07 bits per heavy atom. The molecule has 0 saturated carbocycles. The fourth-order valence-corrected chi connectivity index (χ4v) is 3.85. The van der Waals surface area contributed by atoms with Gasteiger partial charge < -0.3 is 0 Å². The van der Waals surface area contributed by atoms with E-state index in [1.165, 1.54) is 36.4 Å². The van der Waals surface area contributed by atoms with Crippen molar-refractivity contribution in [3.05, 3.63) is 83.2 Å². The van der Waals surface area contributed by atoms with Crippen molar-refractivity contribution < 1.29 is 4.39 Å². The van der Waals surface area contributed by atoms with Crippen molar-refractivity contribution in [1.82, 2.24) is 19.7 Å². The quantitative estimate of drug-likeness (QED) is 0.688. The molecule has 0 unspecified atom stereocenters. The summed E-state index contributed by atoms with van der Waals surface area (Å²) in [5, 5.41) is 4.27. The van der Waals surface area contributed by atoms with Gasteiger partial charge >= 0.3 is 0 Å². The maximum Gasteiger partial charge on any atom is 0.123 e. The summed E-state index contributed by atoms with van der Waals surface area (Å²) in [5.41, 5.74) is 4.68. The Morgan fingerprint density at radius 2 is 1.89 bits per heavy atom. The van der Waals surface area contributed by atoms with Crippen LogP contribution in [0.25, 0.3) is 0 Å². The van der Waals surface area contributed by atoms with Gasteiger partial charge in [-0.2, -0.15) is 5.10 Å². The van der Waals surface area contributed by atoms with Crippen LogP contribution in [-0.2, 0) is 20.0 Å². The molecule has 3 aromatic rings. The predicted octanol–water partition coefficient (Wildman–Crippen LogP) is 3.92. The molecule has 1 aliphatic heterocycles. The summed E-state index contributed by atoms with van der Waals surface area (Å²) in [7, 11) is 2.00. The van der Waals surface area contributed by atoms with Crippen LogP contribution in [0.2, 0.25) is 0 Å². The van der Waals surface area contributed by atoms with E-state index in [1.54, 1.807) is 0 Å². The molecule has 0 aliphatic carbocycles. The molecule has 0 radical (unpaired) electrons. The lowest BCUT2D eigenvalue weighted by molar-refractivity contribution is 0.194. The van der Waals surface area contributed by atoms with Crippen LogP contribution < -0.4 is 0 Å². The van der Waals surface area contributed by atoms with Gasteiger partial charge in [0.1, 0.15) is 5.82 Å². The molecule has 0 amide bonds. The third-order valence-corrected chi connectivity index (χ3v) is 5.40. The molecule has 1 saturated heterocycles. The van der Waals surface area contributed by atoms with E-state index in [9.17, 15) is 4.39 Å². The summed E-state index contributed by atoms with van der Waals surface area (Å²) in [6.07, 6.45) is 7.00. The number of hydrogen-bond donors (Lipinski definition) is 0. The van der Waals surface area contributed by atoms with E-state index in [2.05, 4.69) is 28.2 Å². The molecule has 0 bridgehead atoms. The van der Waals surface area contributed by atoms with Gasteiger partial charge in [-0.05, 0) is 61.2 Å². The van der Waals surface area contributed by atoms with Gasteiger partial charge in [0.05, 0.1) is 5.69 Å². The fourth-order valence-electron chi connectivity index (χ4n) is 3.85. The van der Waals surface area contributed by atoms with Gasteiger partial charge in [0.15, 0.2) is 0 Å². The number of halogens is 1. The van der Waals surface area contributed by atoms with Crippen LogP contribution in [-0.4, -0.2) is 32.8 Å². The first-order chi connectivity index (χ1) is 13.2. The minimum atomic E-state index is -0.194. The molecule has 27 heavy (non-hydrogen) atoms. The van der Waals surface area contributed by atoms with Crippen LogP contribution >= 0.6 is 0 Å². The molecule has 3 heterocycles. The van der Waals surface area contributed by atoms with Crippen molar-refractivity contribution in [1.29, 1.82) is 0 Å². The Hall–Kier alpha value is -2.53. The molecular formula is C22H25FN4. The lowest BCUT2D eigenvalue weighted by Crippen LogP contribution is -2.34. The topological polar surface area (TPSA) is 34.0 Å². The van der Waals surface area contributed by atoms with Gasteiger partial charge in [-0.1, -0.05) is 18.2 Å². The Bertz CT molecular complexity index is 870. The molecule has 2 aromatic heterocycles. The number of aryl methyl sites for hydroxylation is 1. The minimum absolute atomic E-state index is 0.194. The molecular weight excluding hydrogens is 339 g/mol. The van der Waals surface area contributed by atoms with E-state index in [4.69, 9.17) is 4.98 Å². The summed E-state index contributed by atoms with van der Waals surface area (Å²) in [5.74, 6) is 0.284. The molecule has 1 aliphatic rings. The number of pyridine rings is 1. The highest BCUT2D eigenvalue weighted by molar-refractivity contribution is 5.26. The smallest absolute Gasteiger partial charge is 0.123 e. The predicted molar refractivity (Wildman–Crippen MR) is 104 cm³/mol. The summed E-state index contributed by atoms with van der Waals surface area (Å²) in [4.78, 5) is 7.25. The van der Waals surface area contributed by atoms with Gasteiger partial charge in [-0.15, -0.1) is 0 Å². The third kappa shape index (κ3) is 4.42. The summed E-state index contributed by atoms with van der Waals surface area (Å²) < 4.78 is 15.0. The normalized spacial score (nSPS) is 17.9. The van der Waals surface area contributed by atoms with Crippen LogP contribution in [0.3, 0.4) is 0 Å². The zero-order valence-corrected chi connectivity index (χ0v) is 15.7. The summed E-state index contributed by atoms with van der Waals surface area (Å²) in [6.45, 7) is 3.11. The second-order valence-electron chi connectivity index (χ2n) is 7.41. The van der Waals surface area contributed by atoms with E-state index in [0.717, 1.165) is 37.2 Å². The monoisotopic (exact) mass is 364 g/mol. The van der Waals surface area contributed by atoms with Crippen molar-refractivity contribution in [2.75, 3.05) is 13.1 Å². The molecule has 0 spiro atoms. The zero-order valence-electron chi connectivity index (χ0n) is 15.7. The molecule has 1 fully saturated rings. The second-order valence-corrected chi connectivity index (χ2v) is 7.41. The average molecular weight is 364 g/mol. The average Bonchev–Trinajstić information content (AvgIpc) is 3.09. The first kappa shape index (κ1) is 17.9. The van der Waals surface area contributed by atoms with E-state index in [-0.39, 0.29) is 5.82 Å². The lowest BCUT2D eigenvalue weighted by Gasteiger charge is -2.32. The van der Waals surface area contributed by atoms with E-state index >= 15 is 0 Å². The molecule has 0 N–H and O–H groups in total.